The minimum atomic E-state index is -3.69. The number of halogens is 2. The van der Waals surface area contributed by atoms with Crippen molar-refractivity contribution in [2.75, 3.05) is 13.1 Å². The largest absolute Gasteiger partial charge is 0.342 e. The van der Waals surface area contributed by atoms with Gasteiger partial charge in [0.15, 0.2) is 9.84 Å². The molecular weight excluding hydrogens is 431 g/mol. The van der Waals surface area contributed by atoms with Crippen molar-refractivity contribution in [3.63, 3.8) is 0 Å². The van der Waals surface area contributed by atoms with Crippen LogP contribution >= 0.6 is 23.2 Å². The predicted octanol–water partition coefficient (Wildman–Crippen LogP) is 4.79. The SMILES string of the molecule is CCN(CC)C(=O)Cn1cc(S(=O)(=O)Cc2ccc(Cl)cc2Cl)c2ccccc21. The van der Waals surface area contributed by atoms with Gasteiger partial charge in [0, 0.05) is 40.2 Å². The highest BCUT2D eigenvalue weighted by molar-refractivity contribution is 7.90. The predicted molar refractivity (Wildman–Crippen MR) is 117 cm³/mol. The molecule has 3 aromatic rings. The van der Waals surface area contributed by atoms with E-state index >= 15 is 0 Å². The Morgan fingerprint density at radius 2 is 1.76 bits per heavy atom. The first kappa shape index (κ1) is 21.7. The van der Waals surface area contributed by atoms with Gasteiger partial charge in [-0.1, -0.05) is 47.5 Å². The Morgan fingerprint density at radius 3 is 2.41 bits per heavy atom. The van der Waals surface area contributed by atoms with Crippen LogP contribution in [0.5, 0.6) is 0 Å². The number of carbonyl (C=O) groups is 1. The molecule has 5 nitrogen and oxygen atoms in total. The molecule has 2 aromatic carbocycles. The Balaban J connectivity index is 2.02. The van der Waals surface area contributed by atoms with Gasteiger partial charge in [0.1, 0.15) is 6.54 Å². The molecule has 3 rings (SSSR count). The van der Waals surface area contributed by atoms with Crippen molar-refractivity contribution in [2.45, 2.75) is 31.0 Å². The summed E-state index contributed by atoms with van der Waals surface area (Å²) in [6.45, 7) is 5.13. The number of para-hydroxylation sites is 1. The molecule has 0 aliphatic carbocycles. The number of amides is 1. The molecule has 0 aliphatic heterocycles. The summed E-state index contributed by atoms with van der Waals surface area (Å²) < 4.78 is 28.1. The van der Waals surface area contributed by atoms with E-state index in [1.165, 1.54) is 6.07 Å². The Labute approximate surface area is 180 Å². The number of benzene rings is 2. The Hall–Kier alpha value is -2.02. The molecule has 0 bridgehead atoms. The number of carbonyl (C=O) groups excluding carboxylic acids is 1. The molecule has 0 N–H and O–H groups in total. The van der Waals surface area contributed by atoms with Gasteiger partial charge in [-0.05, 0) is 37.6 Å². The van der Waals surface area contributed by atoms with E-state index in [0.717, 1.165) is 0 Å². The fourth-order valence-corrected chi connectivity index (χ4v) is 5.50. The quantitative estimate of drug-likeness (QED) is 0.517. The molecule has 0 saturated carbocycles. The summed E-state index contributed by atoms with van der Waals surface area (Å²) in [6, 6.07) is 11.9. The van der Waals surface area contributed by atoms with Gasteiger partial charge in [-0.3, -0.25) is 4.79 Å². The van der Waals surface area contributed by atoms with Gasteiger partial charge in [-0.2, -0.15) is 0 Å². The maximum absolute atomic E-state index is 13.2. The van der Waals surface area contributed by atoms with Crippen LogP contribution in [-0.4, -0.2) is 36.9 Å². The molecule has 0 spiro atoms. The fourth-order valence-electron chi connectivity index (χ4n) is 3.33. The van der Waals surface area contributed by atoms with Crippen LogP contribution in [0.25, 0.3) is 10.9 Å². The van der Waals surface area contributed by atoms with E-state index in [4.69, 9.17) is 23.2 Å². The molecule has 0 aliphatic rings. The van der Waals surface area contributed by atoms with Gasteiger partial charge in [-0.25, -0.2) is 8.42 Å². The number of sulfone groups is 1. The highest BCUT2D eigenvalue weighted by atomic mass is 35.5. The minimum Gasteiger partial charge on any atom is -0.342 e. The van der Waals surface area contributed by atoms with Crippen molar-refractivity contribution < 1.29 is 13.2 Å². The number of fused-ring (bicyclic) bond motifs is 1. The van der Waals surface area contributed by atoms with Crippen molar-refractivity contribution in [2.24, 2.45) is 0 Å². The number of rotatable bonds is 7. The molecule has 0 saturated heterocycles. The standard InChI is InChI=1S/C21H22Cl2N2O3S/c1-3-24(4-2)21(26)13-25-12-20(17-7-5-6-8-19(17)25)29(27,28)14-15-9-10-16(22)11-18(15)23/h5-12H,3-4,13-14H2,1-2H3. The second-order valence-electron chi connectivity index (χ2n) is 6.70. The zero-order valence-corrected chi connectivity index (χ0v) is 18.6. The summed E-state index contributed by atoms with van der Waals surface area (Å²) in [7, 11) is -3.69. The van der Waals surface area contributed by atoms with E-state index in [1.807, 2.05) is 26.0 Å². The first-order valence-corrected chi connectivity index (χ1v) is 11.7. The zero-order valence-electron chi connectivity index (χ0n) is 16.2. The Bertz CT molecular complexity index is 1150. The lowest BCUT2D eigenvalue weighted by atomic mass is 10.2. The van der Waals surface area contributed by atoms with Crippen molar-refractivity contribution in [3.05, 3.63) is 64.3 Å². The van der Waals surface area contributed by atoms with E-state index in [-0.39, 0.29) is 23.1 Å². The maximum atomic E-state index is 13.2. The third-order valence-electron chi connectivity index (χ3n) is 4.87. The summed E-state index contributed by atoms with van der Waals surface area (Å²) >= 11 is 12.1. The molecule has 1 aromatic heterocycles. The molecule has 8 heteroatoms. The number of likely N-dealkylation sites (N-methyl/N-ethyl adjacent to an activating group) is 1. The van der Waals surface area contributed by atoms with E-state index < -0.39 is 9.84 Å². The second-order valence-corrected chi connectivity index (χ2v) is 9.50. The van der Waals surface area contributed by atoms with Gasteiger partial charge in [-0.15, -0.1) is 0 Å². The highest BCUT2D eigenvalue weighted by Crippen LogP contribution is 2.30. The van der Waals surface area contributed by atoms with E-state index in [1.54, 1.807) is 39.9 Å². The molecule has 1 amide bonds. The van der Waals surface area contributed by atoms with Crippen LogP contribution in [0.1, 0.15) is 19.4 Å². The van der Waals surface area contributed by atoms with E-state index in [2.05, 4.69) is 0 Å². The van der Waals surface area contributed by atoms with Crippen LogP contribution < -0.4 is 0 Å². The van der Waals surface area contributed by atoms with Gasteiger partial charge in [0.2, 0.25) is 5.91 Å². The average Bonchev–Trinajstić information content (AvgIpc) is 3.05. The third kappa shape index (κ3) is 4.60. The number of nitrogens with zero attached hydrogens (tertiary/aromatic N) is 2. The summed E-state index contributed by atoms with van der Waals surface area (Å²) in [5, 5.41) is 1.34. The highest BCUT2D eigenvalue weighted by Gasteiger charge is 2.24. The van der Waals surface area contributed by atoms with Gasteiger partial charge in [0.05, 0.1) is 10.6 Å². The average molecular weight is 453 g/mol. The molecule has 154 valence electrons. The van der Waals surface area contributed by atoms with Crippen LogP contribution in [-0.2, 0) is 26.9 Å². The van der Waals surface area contributed by atoms with Crippen LogP contribution in [0.15, 0.2) is 53.6 Å². The number of hydrogen-bond acceptors (Lipinski definition) is 3. The fraction of sp³-hybridized carbons (Fsp3) is 0.286. The lowest BCUT2D eigenvalue weighted by Gasteiger charge is -2.19. The van der Waals surface area contributed by atoms with Crippen molar-refractivity contribution in [3.8, 4) is 0 Å². The lowest BCUT2D eigenvalue weighted by Crippen LogP contribution is -2.33. The van der Waals surface area contributed by atoms with Crippen LogP contribution in [0.2, 0.25) is 10.0 Å². The molecule has 0 fully saturated rings. The third-order valence-corrected chi connectivity index (χ3v) is 7.14. The van der Waals surface area contributed by atoms with Crippen molar-refractivity contribution in [1.29, 1.82) is 0 Å². The van der Waals surface area contributed by atoms with Gasteiger partial charge < -0.3 is 9.47 Å². The van der Waals surface area contributed by atoms with Crippen LogP contribution in [0, 0.1) is 0 Å². The molecular formula is C21H22Cl2N2O3S. The van der Waals surface area contributed by atoms with Crippen molar-refractivity contribution >= 4 is 49.8 Å². The lowest BCUT2D eigenvalue weighted by molar-refractivity contribution is -0.131. The maximum Gasteiger partial charge on any atom is 0.242 e. The van der Waals surface area contributed by atoms with Crippen LogP contribution in [0.4, 0.5) is 0 Å². The summed E-state index contributed by atoms with van der Waals surface area (Å²) in [4.78, 5) is 14.5. The Kier molecular flexibility index (Phi) is 6.56. The second kappa shape index (κ2) is 8.78. The molecule has 1 heterocycles. The van der Waals surface area contributed by atoms with Crippen molar-refractivity contribution in [1.82, 2.24) is 9.47 Å². The first-order chi connectivity index (χ1) is 13.8. The minimum absolute atomic E-state index is 0.0551. The van der Waals surface area contributed by atoms with Crippen LogP contribution in [0.3, 0.4) is 0 Å². The summed E-state index contributed by atoms with van der Waals surface area (Å²) in [5.74, 6) is -0.304. The summed E-state index contributed by atoms with van der Waals surface area (Å²) in [5.41, 5.74) is 1.18. The smallest absolute Gasteiger partial charge is 0.242 e. The monoisotopic (exact) mass is 452 g/mol. The zero-order chi connectivity index (χ0) is 21.2. The van der Waals surface area contributed by atoms with Gasteiger partial charge in [0.25, 0.3) is 0 Å². The first-order valence-electron chi connectivity index (χ1n) is 9.29. The number of hydrogen-bond donors (Lipinski definition) is 0. The molecule has 0 unspecified atom stereocenters. The number of aromatic nitrogens is 1. The normalized spacial score (nSPS) is 11.7. The van der Waals surface area contributed by atoms with E-state index in [9.17, 15) is 13.2 Å². The summed E-state index contributed by atoms with van der Waals surface area (Å²) in [6.07, 6.45) is 1.55. The molecule has 0 radical (unpaired) electrons. The Morgan fingerprint density at radius 1 is 1.07 bits per heavy atom. The molecule has 29 heavy (non-hydrogen) atoms. The topological polar surface area (TPSA) is 59.4 Å². The molecule has 0 atom stereocenters. The van der Waals surface area contributed by atoms with E-state index in [0.29, 0.717) is 39.6 Å². The van der Waals surface area contributed by atoms with Gasteiger partial charge >= 0.3 is 0 Å².